The smallest absolute Gasteiger partial charge is 0.291 e. The van der Waals surface area contributed by atoms with Crippen LogP contribution in [0.1, 0.15) is 5.56 Å². The van der Waals surface area contributed by atoms with E-state index < -0.39 is 11.7 Å². The first-order chi connectivity index (χ1) is 8.24. The molecule has 0 atom stereocenters. The van der Waals surface area contributed by atoms with Crippen molar-refractivity contribution >= 4 is 17.8 Å². The lowest BCUT2D eigenvalue weighted by Gasteiger charge is -2.00. The van der Waals surface area contributed by atoms with Gasteiger partial charge in [-0.15, -0.1) is 0 Å². The molecule has 0 aliphatic rings. The van der Waals surface area contributed by atoms with Crippen LogP contribution in [0.2, 0.25) is 0 Å². The molecule has 1 N–H and O–H groups in total. The van der Waals surface area contributed by atoms with E-state index in [4.69, 9.17) is 4.74 Å². The summed E-state index contributed by atoms with van der Waals surface area (Å²) in [4.78, 5) is 22.6. The van der Waals surface area contributed by atoms with Gasteiger partial charge in [0.25, 0.3) is 5.91 Å². The molecule has 4 nitrogen and oxygen atoms in total. The van der Waals surface area contributed by atoms with Crippen LogP contribution >= 0.6 is 0 Å². The minimum Gasteiger partial charge on any atom is -0.383 e. The van der Waals surface area contributed by atoms with E-state index in [0.29, 0.717) is 13.2 Å². The van der Waals surface area contributed by atoms with E-state index in [1.165, 1.54) is 13.2 Å². The maximum absolute atomic E-state index is 11.4. The number of rotatable bonds is 6. The zero-order valence-corrected chi connectivity index (χ0v) is 9.68. The summed E-state index contributed by atoms with van der Waals surface area (Å²) in [7, 11) is 1.53. The Morgan fingerprint density at radius 1 is 1.29 bits per heavy atom. The highest BCUT2D eigenvalue weighted by Crippen LogP contribution is 2.00. The Morgan fingerprint density at radius 2 is 2.00 bits per heavy atom. The normalized spacial score (nSPS) is 10.4. The molecule has 0 aliphatic carbocycles. The van der Waals surface area contributed by atoms with E-state index in [9.17, 15) is 9.59 Å². The minimum atomic E-state index is -0.616. The minimum absolute atomic E-state index is 0.334. The van der Waals surface area contributed by atoms with Gasteiger partial charge in [-0.25, -0.2) is 0 Å². The lowest BCUT2D eigenvalue weighted by molar-refractivity contribution is -0.135. The molecule has 0 heterocycles. The van der Waals surface area contributed by atoms with Gasteiger partial charge in [0.15, 0.2) is 0 Å². The van der Waals surface area contributed by atoms with Gasteiger partial charge in [-0.2, -0.15) is 0 Å². The Kier molecular flexibility index (Phi) is 5.68. The quantitative estimate of drug-likeness (QED) is 0.453. The number of hydrogen-bond donors (Lipinski definition) is 1. The summed E-state index contributed by atoms with van der Waals surface area (Å²) < 4.78 is 4.76. The summed E-state index contributed by atoms with van der Waals surface area (Å²) in [6.07, 6.45) is 2.87. The fraction of sp³-hybridized carbons (Fsp3) is 0.231. The topological polar surface area (TPSA) is 55.4 Å². The van der Waals surface area contributed by atoms with Crippen LogP contribution in [-0.4, -0.2) is 32.0 Å². The van der Waals surface area contributed by atoms with E-state index >= 15 is 0 Å². The number of ketones is 1. The van der Waals surface area contributed by atoms with Crippen molar-refractivity contribution in [2.24, 2.45) is 0 Å². The van der Waals surface area contributed by atoms with Gasteiger partial charge in [-0.05, 0) is 11.6 Å². The van der Waals surface area contributed by atoms with Crippen molar-refractivity contribution in [1.29, 1.82) is 0 Å². The summed E-state index contributed by atoms with van der Waals surface area (Å²) in [6.45, 7) is 0.724. The first-order valence-corrected chi connectivity index (χ1v) is 5.28. The fourth-order valence-corrected chi connectivity index (χ4v) is 1.17. The van der Waals surface area contributed by atoms with Gasteiger partial charge in [0.05, 0.1) is 6.61 Å². The highest BCUT2D eigenvalue weighted by Gasteiger charge is 2.08. The lowest BCUT2D eigenvalue weighted by atomic mass is 10.2. The SMILES string of the molecule is COCCNC(=O)C(=O)/C=C/c1ccccc1. The molecule has 0 unspecified atom stereocenters. The number of benzene rings is 1. The van der Waals surface area contributed by atoms with E-state index in [1.807, 2.05) is 30.3 Å². The highest BCUT2D eigenvalue weighted by atomic mass is 16.5. The molecular formula is C13H15NO3. The monoisotopic (exact) mass is 233 g/mol. The number of carbonyl (C=O) groups is 2. The molecule has 0 aromatic heterocycles. The lowest BCUT2D eigenvalue weighted by Crippen LogP contribution is -2.32. The van der Waals surface area contributed by atoms with Crippen LogP contribution in [0, 0.1) is 0 Å². The number of nitrogens with one attached hydrogen (secondary N) is 1. The molecule has 0 bridgehead atoms. The van der Waals surface area contributed by atoms with Crippen LogP contribution in [0.25, 0.3) is 6.08 Å². The first-order valence-electron chi connectivity index (χ1n) is 5.28. The van der Waals surface area contributed by atoms with Crippen LogP contribution in [-0.2, 0) is 14.3 Å². The molecule has 1 amide bonds. The molecule has 0 fully saturated rings. The third-order valence-electron chi connectivity index (χ3n) is 2.04. The second-order valence-electron chi connectivity index (χ2n) is 3.36. The zero-order valence-electron chi connectivity index (χ0n) is 9.68. The Labute approximate surface area is 100 Å². The average molecular weight is 233 g/mol. The summed E-state index contributed by atoms with van der Waals surface area (Å²) in [5.74, 6) is -1.18. The molecule has 90 valence electrons. The van der Waals surface area contributed by atoms with Gasteiger partial charge in [-0.1, -0.05) is 36.4 Å². The molecule has 0 saturated carbocycles. The summed E-state index contributed by atoms with van der Waals surface area (Å²) in [5, 5.41) is 2.45. The molecule has 0 aliphatic heterocycles. The molecule has 4 heteroatoms. The number of methoxy groups -OCH3 is 1. The van der Waals surface area contributed by atoms with Crippen molar-refractivity contribution in [1.82, 2.24) is 5.32 Å². The molecule has 0 spiro atoms. The van der Waals surface area contributed by atoms with Gasteiger partial charge in [0.2, 0.25) is 5.78 Å². The number of amides is 1. The largest absolute Gasteiger partial charge is 0.383 e. The molecule has 1 aromatic carbocycles. The molecular weight excluding hydrogens is 218 g/mol. The van der Waals surface area contributed by atoms with Crippen LogP contribution in [0.5, 0.6) is 0 Å². The van der Waals surface area contributed by atoms with Gasteiger partial charge < -0.3 is 10.1 Å². The number of carbonyl (C=O) groups excluding carboxylic acids is 2. The van der Waals surface area contributed by atoms with Crippen LogP contribution in [0.3, 0.4) is 0 Å². The van der Waals surface area contributed by atoms with Crippen molar-refractivity contribution in [3.05, 3.63) is 42.0 Å². The van der Waals surface area contributed by atoms with Crippen LogP contribution in [0.4, 0.5) is 0 Å². The van der Waals surface area contributed by atoms with Gasteiger partial charge in [-0.3, -0.25) is 9.59 Å². The molecule has 0 saturated heterocycles. The van der Waals surface area contributed by atoms with Gasteiger partial charge >= 0.3 is 0 Å². The zero-order chi connectivity index (χ0) is 12.5. The molecule has 17 heavy (non-hydrogen) atoms. The molecule has 1 rings (SSSR count). The molecule has 0 radical (unpaired) electrons. The van der Waals surface area contributed by atoms with Gasteiger partial charge in [0, 0.05) is 13.7 Å². The number of hydrogen-bond acceptors (Lipinski definition) is 3. The Bertz CT molecular complexity index is 398. The predicted octanol–water partition coefficient (Wildman–Crippen LogP) is 1.03. The third-order valence-corrected chi connectivity index (χ3v) is 2.04. The van der Waals surface area contributed by atoms with Crippen molar-refractivity contribution < 1.29 is 14.3 Å². The highest BCUT2D eigenvalue weighted by molar-refractivity contribution is 6.41. The van der Waals surface area contributed by atoms with Crippen molar-refractivity contribution in [3.63, 3.8) is 0 Å². The maximum atomic E-state index is 11.4. The van der Waals surface area contributed by atoms with Crippen LogP contribution < -0.4 is 5.32 Å². The predicted molar refractivity (Wildman–Crippen MR) is 65.4 cm³/mol. The van der Waals surface area contributed by atoms with E-state index in [2.05, 4.69) is 5.32 Å². The van der Waals surface area contributed by atoms with Crippen molar-refractivity contribution in [2.75, 3.05) is 20.3 Å². The second kappa shape index (κ2) is 7.35. The van der Waals surface area contributed by atoms with E-state index in [0.717, 1.165) is 5.56 Å². The Balaban J connectivity index is 2.43. The van der Waals surface area contributed by atoms with E-state index in [-0.39, 0.29) is 0 Å². The number of ether oxygens (including phenoxy) is 1. The van der Waals surface area contributed by atoms with Crippen LogP contribution in [0.15, 0.2) is 36.4 Å². The fourth-order valence-electron chi connectivity index (χ4n) is 1.17. The van der Waals surface area contributed by atoms with Crippen molar-refractivity contribution in [2.45, 2.75) is 0 Å². The maximum Gasteiger partial charge on any atom is 0.291 e. The van der Waals surface area contributed by atoms with Gasteiger partial charge in [0.1, 0.15) is 0 Å². The standard InChI is InChI=1S/C13H15NO3/c1-17-10-9-14-13(16)12(15)8-7-11-5-3-2-4-6-11/h2-8H,9-10H2,1H3,(H,14,16)/b8-7+. The Morgan fingerprint density at radius 3 is 2.65 bits per heavy atom. The summed E-state index contributed by atoms with van der Waals surface area (Å²) >= 11 is 0. The van der Waals surface area contributed by atoms with E-state index in [1.54, 1.807) is 6.08 Å². The molecule has 1 aromatic rings. The Hall–Kier alpha value is -1.94. The first kappa shape index (κ1) is 13.1. The third kappa shape index (κ3) is 5.08. The van der Waals surface area contributed by atoms with Crippen molar-refractivity contribution in [3.8, 4) is 0 Å². The summed E-state index contributed by atoms with van der Waals surface area (Å²) in [6, 6.07) is 9.32. The average Bonchev–Trinajstić information content (AvgIpc) is 2.37. The second-order valence-corrected chi connectivity index (χ2v) is 3.36. The summed E-state index contributed by atoms with van der Waals surface area (Å²) in [5.41, 5.74) is 0.880.